The molecule has 0 fully saturated rings. The predicted octanol–water partition coefficient (Wildman–Crippen LogP) is 7.05. The van der Waals surface area contributed by atoms with Crippen molar-refractivity contribution in [3.63, 3.8) is 0 Å². The highest BCUT2D eigenvalue weighted by Gasteiger charge is 2.15. The van der Waals surface area contributed by atoms with E-state index in [1.807, 2.05) is 59.3 Å². The number of aliphatic imine (C=N–C) groups is 1. The third-order valence-electron chi connectivity index (χ3n) is 5.55. The van der Waals surface area contributed by atoms with E-state index < -0.39 is 0 Å². The van der Waals surface area contributed by atoms with Gasteiger partial charge in [0.2, 0.25) is 0 Å². The number of para-hydroxylation sites is 1. The van der Waals surface area contributed by atoms with Gasteiger partial charge in [-0.3, -0.25) is 5.41 Å². The van der Waals surface area contributed by atoms with Gasteiger partial charge in [-0.2, -0.15) is 0 Å². The van der Waals surface area contributed by atoms with Gasteiger partial charge in [0, 0.05) is 23.0 Å². The Morgan fingerprint density at radius 2 is 1.45 bits per heavy atom. The molecule has 5 rings (SSSR count). The summed E-state index contributed by atoms with van der Waals surface area (Å²) in [7, 11) is 0. The second-order valence-electron chi connectivity index (χ2n) is 7.43. The number of nitrogens with one attached hydrogen (secondary N) is 1. The number of benzene rings is 4. The number of hydrogen-bond donors (Lipinski definition) is 1. The quantitative estimate of drug-likeness (QED) is 0.308. The lowest BCUT2D eigenvalue weighted by Crippen LogP contribution is -2.02. The third kappa shape index (κ3) is 3.47. The normalized spacial score (nSPS) is 10.8. The van der Waals surface area contributed by atoms with Gasteiger partial charge in [-0.1, -0.05) is 72.8 Å². The first kappa shape index (κ1) is 18.8. The van der Waals surface area contributed by atoms with E-state index in [1.54, 1.807) is 0 Å². The van der Waals surface area contributed by atoms with Crippen LogP contribution < -0.4 is 0 Å². The SMILES string of the molecule is C=Nc1c(C(=N)c2cccc(-c3ccc4ccccc4c3)c2)ccn1-c1ccccc1. The van der Waals surface area contributed by atoms with Crippen LogP contribution in [0.2, 0.25) is 0 Å². The number of hydrogen-bond acceptors (Lipinski definition) is 2. The van der Waals surface area contributed by atoms with Crippen LogP contribution in [0.4, 0.5) is 5.82 Å². The van der Waals surface area contributed by atoms with Crippen molar-refractivity contribution in [3.05, 3.63) is 120 Å². The highest BCUT2D eigenvalue weighted by atomic mass is 15.1. The van der Waals surface area contributed by atoms with Crippen LogP contribution in [0.15, 0.2) is 114 Å². The van der Waals surface area contributed by atoms with Crippen LogP contribution >= 0.6 is 0 Å². The topological polar surface area (TPSA) is 41.1 Å². The van der Waals surface area contributed by atoms with Crippen molar-refractivity contribution in [1.29, 1.82) is 5.41 Å². The maximum absolute atomic E-state index is 8.88. The van der Waals surface area contributed by atoms with Gasteiger partial charge in [-0.05, 0) is 58.9 Å². The summed E-state index contributed by atoms with van der Waals surface area (Å²) in [6.45, 7) is 3.75. The van der Waals surface area contributed by atoms with Crippen LogP contribution in [0.1, 0.15) is 11.1 Å². The lowest BCUT2D eigenvalue weighted by Gasteiger charge is -2.10. The average molecular weight is 399 g/mol. The summed E-state index contributed by atoms with van der Waals surface area (Å²) < 4.78 is 1.96. The third-order valence-corrected chi connectivity index (χ3v) is 5.55. The molecule has 0 radical (unpaired) electrons. The first-order chi connectivity index (χ1) is 15.2. The maximum atomic E-state index is 8.88. The van der Waals surface area contributed by atoms with E-state index in [1.165, 1.54) is 10.8 Å². The summed E-state index contributed by atoms with van der Waals surface area (Å²) in [6.07, 6.45) is 1.94. The molecule has 0 saturated carbocycles. The van der Waals surface area contributed by atoms with Gasteiger partial charge >= 0.3 is 0 Å². The summed E-state index contributed by atoms with van der Waals surface area (Å²) in [5.74, 6) is 0.673. The van der Waals surface area contributed by atoms with E-state index in [4.69, 9.17) is 5.41 Å². The molecule has 0 aliphatic heterocycles. The molecular formula is C28H21N3. The second kappa shape index (κ2) is 7.88. The van der Waals surface area contributed by atoms with Crippen molar-refractivity contribution in [3.8, 4) is 16.8 Å². The van der Waals surface area contributed by atoms with E-state index in [-0.39, 0.29) is 0 Å². The molecule has 0 saturated heterocycles. The average Bonchev–Trinajstić information content (AvgIpc) is 3.28. The standard InChI is InChI=1S/C28H21N3/c1-30-28-26(16-17-31(28)25-12-3-2-4-13-25)27(29)24-11-7-10-22(19-24)23-15-14-20-8-5-6-9-21(20)18-23/h2-19,29H,1H2. The molecule has 4 aromatic carbocycles. The molecular weight excluding hydrogens is 378 g/mol. The van der Waals surface area contributed by atoms with Crippen molar-refractivity contribution in [2.24, 2.45) is 4.99 Å². The van der Waals surface area contributed by atoms with Gasteiger partial charge < -0.3 is 4.57 Å². The molecule has 5 aromatic rings. The molecule has 0 aliphatic carbocycles. The molecule has 1 N–H and O–H groups in total. The lowest BCUT2D eigenvalue weighted by molar-refractivity contribution is 1.07. The summed E-state index contributed by atoms with van der Waals surface area (Å²) in [5.41, 5.74) is 5.25. The molecule has 148 valence electrons. The molecule has 0 bridgehead atoms. The van der Waals surface area contributed by atoms with E-state index in [2.05, 4.69) is 66.3 Å². The van der Waals surface area contributed by atoms with Crippen molar-refractivity contribution in [2.45, 2.75) is 0 Å². The molecule has 0 aliphatic rings. The smallest absolute Gasteiger partial charge is 0.145 e. The van der Waals surface area contributed by atoms with E-state index >= 15 is 0 Å². The molecule has 1 heterocycles. The van der Waals surface area contributed by atoms with Crippen LogP contribution in [0.5, 0.6) is 0 Å². The molecule has 0 unspecified atom stereocenters. The Kier molecular flexibility index (Phi) is 4.77. The van der Waals surface area contributed by atoms with E-state index in [0.29, 0.717) is 11.5 Å². The molecule has 0 amide bonds. The van der Waals surface area contributed by atoms with Crippen molar-refractivity contribution in [2.75, 3.05) is 0 Å². The minimum absolute atomic E-state index is 0.430. The largest absolute Gasteiger partial charge is 0.301 e. The molecule has 31 heavy (non-hydrogen) atoms. The van der Waals surface area contributed by atoms with Crippen molar-refractivity contribution >= 4 is 29.0 Å². The number of aromatic nitrogens is 1. The van der Waals surface area contributed by atoms with Gasteiger partial charge in [0.1, 0.15) is 5.82 Å². The molecule has 3 nitrogen and oxygen atoms in total. The molecule has 1 aromatic heterocycles. The van der Waals surface area contributed by atoms with Gasteiger partial charge in [0.15, 0.2) is 0 Å². The Morgan fingerprint density at radius 1 is 0.710 bits per heavy atom. The van der Waals surface area contributed by atoms with Gasteiger partial charge in [0.05, 0.1) is 5.71 Å². The Morgan fingerprint density at radius 3 is 2.26 bits per heavy atom. The minimum Gasteiger partial charge on any atom is -0.301 e. The zero-order valence-corrected chi connectivity index (χ0v) is 17.0. The fourth-order valence-electron chi connectivity index (χ4n) is 3.96. The van der Waals surface area contributed by atoms with Crippen LogP contribution in [0.3, 0.4) is 0 Å². The van der Waals surface area contributed by atoms with Gasteiger partial charge in [-0.25, -0.2) is 4.99 Å². The van der Waals surface area contributed by atoms with Crippen molar-refractivity contribution < 1.29 is 0 Å². The van der Waals surface area contributed by atoms with Gasteiger partial charge in [0.25, 0.3) is 0 Å². The summed E-state index contributed by atoms with van der Waals surface area (Å²) in [6, 6.07) is 34.9. The van der Waals surface area contributed by atoms with Crippen molar-refractivity contribution in [1.82, 2.24) is 4.57 Å². The van der Waals surface area contributed by atoms with Crippen LogP contribution in [-0.4, -0.2) is 17.0 Å². The summed E-state index contributed by atoms with van der Waals surface area (Å²) in [5, 5.41) is 11.3. The summed E-state index contributed by atoms with van der Waals surface area (Å²) >= 11 is 0. The highest BCUT2D eigenvalue weighted by molar-refractivity contribution is 6.14. The maximum Gasteiger partial charge on any atom is 0.145 e. The summed E-state index contributed by atoms with van der Waals surface area (Å²) in [4.78, 5) is 4.24. The Hall–Kier alpha value is -4.24. The molecule has 0 atom stereocenters. The van der Waals surface area contributed by atoms with Crippen LogP contribution in [0, 0.1) is 5.41 Å². The zero-order valence-electron chi connectivity index (χ0n) is 17.0. The first-order valence-electron chi connectivity index (χ1n) is 10.2. The molecule has 3 heteroatoms. The Balaban J connectivity index is 1.53. The number of nitrogens with zero attached hydrogens (tertiary/aromatic N) is 2. The lowest BCUT2D eigenvalue weighted by atomic mass is 9.97. The first-order valence-corrected chi connectivity index (χ1v) is 10.2. The predicted molar refractivity (Wildman–Crippen MR) is 130 cm³/mol. The van der Waals surface area contributed by atoms with Crippen LogP contribution in [-0.2, 0) is 0 Å². The fraction of sp³-hybridized carbons (Fsp3) is 0. The van der Waals surface area contributed by atoms with Gasteiger partial charge in [-0.15, -0.1) is 0 Å². The number of rotatable bonds is 5. The minimum atomic E-state index is 0.430. The zero-order chi connectivity index (χ0) is 21.2. The van der Waals surface area contributed by atoms with E-state index in [9.17, 15) is 0 Å². The highest BCUT2D eigenvalue weighted by Crippen LogP contribution is 2.29. The van der Waals surface area contributed by atoms with E-state index in [0.717, 1.165) is 27.9 Å². The Bertz CT molecular complexity index is 1410. The Labute approximate surface area is 181 Å². The van der Waals surface area contributed by atoms with Crippen LogP contribution in [0.25, 0.3) is 27.6 Å². The fourth-order valence-corrected chi connectivity index (χ4v) is 3.96. The number of fused-ring (bicyclic) bond motifs is 1. The molecule has 0 spiro atoms. The monoisotopic (exact) mass is 399 g/mol. The second-order valence-corrected chi connectivity index (χ2v) is 7.43.